The van der Waals surface area contributed by atoms with Crippen molar-refractivity contribution in [3.8, 4) is 0 Å². The molecule has 0 aliphatic carbocycles. The van der Waals surface area contributed by atoms with Crippen molar-refractivity contribution >= 4 is 21.7 Å². The predicted molar refractivity (Wildman–Crippen MR) is 78.0 cm³/mol. The average Bonchev–Trinajstić information content (AvgIpc) is 2.42. The molecule has 2 rings (SSSR count). The fraction of sp³-hybridized carbons (Fsp3) is 0.462. The molecule has 0 aromatic heterocycles. The SMILES string of the molecule is CS(=O)(=O)N1CCCC(NC(=O)Nc2ccc(F)c(F)c2)C1. The summed E-state index contributed by atoms with van der Waals surface area (Å²) in [6, 6.07) is 2.11. The standard InChI is InChI=1S/C13H17F2N3O3S/c1-22(20,21)18-6-2-3-10(8-18)17-13(19)16-9-4-5-11(14)12(15)7-9/h4-5,7,10H,2-3,6,8H2,1H3,(H2,16,17,19). The minimum absolute atomic E-state index is 0.118. The zero-order valence-electron chi connectivity index (χ0n) is 12.0. The first-order valence-corrected chi connectivity index (χ1v) is 8.58. The van der Waals surface area contributed by atoms with E-state index in [9.17, 15) is 22.0 Å². The molecule has 1 heterocycles. The lowest BCUT2D eigenvalue weighted by Crippen LogP contribution is -2.50. The van der Waals surface area contributed by atoms with Gasteiger partial charge in [0.15, 0.2) is 11.6 Å². The number of halogens is 2. The number of hydrogen-bond acceptors (Lipinski definition) is 3. The fourth-order valence-electron chi connectivity index (χ4n) is 2.29. The van der Waals surface area contributed by atoms with Crippen LogP contribution in [0, 0.1) is 11.6 Å². The van der Waals surface area contributed by atoms with Crippen molar-refractivity contribution in [3.63, 3.8) is 0 Å². The van der Waals surface area contributed by atoms with Gasteiger partial charge in [0, 0.05) is 30.9 Å². The van der Waals surface area contributed by atoms with Crippen LogP contribution < -0.4 is 10.6 Å². The molecule has 0 bridgehead atoms. The number of carbonyl (C=O) groups excluding carboxylic acids is 1. The first kappa shape index (κ1) is 16.6. The topological polar surface area (TPSA) is 78.5 Å². The smallest absolute Gasteiger partial charge is 0.319 e. The van der Waals surface area contributed by atoms with Crippen LogP contribution in [0.15, 0.2) is 18.2 Å². The van der Waals surface area contributed by atoms with E-state index in [4.69, 9.17) is 0 Å². The van der Waals surface area contributed by atoms with E-state index in [0.717, 1.165) is 18.4 Å². The number of rotatable bonds is 3. The molecule has 22 heavy (non-hydrogen) atoms. The van der Waals surface area contributed by atoms with E-state index in [0.29, 0.717) is 19.4 Å². The Balaban J connectivity index is 1.92. The summed E-state index contributed by atoms with van der Waals surface area (Å²) in [5.41, 5.74) is 0.118. The summed E-state index contributed by atoms with van der Waals surface area (Å²) in [6.45, 7) is 0.631. The minimum Gasteiger partial charge on any atom is -0.334 e. The summed E-state index contributed by atoms with van der Waals surface area (Å²) in [5.74, 6) is -2.05. The van der Waals surface area contributed by atoms with Gasteiger partial charge in [0.2, 0.25) is 10.0 Å². The van der Waals surface area contributed by atoms with Gasteiger partial charge in [0.05, 0.1) is 6.26 Å². The van der Waals surface area contributed by atoms with Gasteiger partial charge in [0.25, 0.3) is 0 Å². The van der Waals surface area contributed by atoms with Gasteiger partial charge >= 0.3 is 6.03 Å². The molecule has 9 heteroatoms. The highest BCUT2D eigenvalue weighted by molar-refractivity contribution is 7.88. The minimum atomic E-state index is -3.29. The maximum atomic E-state index is 13.1. The number of benzene rings is 1. The van der Waals surface area contributed by atoms with Crippen molar-refractivity contribution in [2.24, 2.45) is 0 Å². The Morgan fingerprint density at radius 2 is 2.05 bits per heavy atom. The van der Waals surface area contributed by atoms with Crippen molar-refractivity contribution < 1.29 is 22.0 Å². The highest BCUT2D eigenvalue weighted by atomic mass is 32.2. The summed E-state index contributed by atoms with van der Waals surface area (Å²) in [4.78, 5) is 11.8. The molecule has 6 nitrogen and oxygen atoms in total. The van der Waals surface area contributed by atoms with Gasteiger partial charge < -0.3 is 10.6 Å². The molecule has 122 valence electrons. The summed E-state index contributed by atoms with van der Waals surface area (Å²) < 4.78 is 50.1. The third-order valence-corrected chi connectivity index (χ3v) is 4.64. The largest absolute Gasteiger partial charge is 0.334 e. The second-order valence-corrected chi connectivity index (χ2v) is 7.17. The molecule has 1 aliphatic rings. The lowest BCUT2D eigenvalue weighted by Gasteiger charge is -2.31. The quantitative estimate of drug-likeness (QED) is 0.880. The third kappa shape index (κ3) is 4.38. The Hall–Kier alpha value is -1.74. The Labute approximate surface area is 127 Å². The summed E-state index contributed by atoms with van der Waals surface area (Å²) in [7, 11) is -3.29. The van der Waals surface area contributed by atoms with Crippen molar-refractivity contribution in [1.29, 1.82) is 0 Å². The van der Waals surface area contributed by atoms with Gasteiger partial charge in [-0.15, -0.1) is 0 Å². The van der Waals surface area contributed by atoms with Crippen molar-refractivity contribution in [2.75, 3.05) is 24.7 Å². The molecule has 0 spiro atoms. The number of carbonyl (C=O) groups is 1. The molecule has 1 aromatic carbocycles. The van der Waals surface area contributed by atoms with Crippen LogP contribution in [0.3, 0.4) is 0 Å². The van der Waals surface area contributed by atoms with E-state index < -0.39 is 27.7 Å². The molecule has 1 fully saturated rings. The number of nitrogens with zero attached hydrogens (tertiary/aromatic N) is 1. The summed E-state index contributed by atoms with van der Waals surface area (Å²) in [6.07, 6.45) is 2.41. The lowest BCUT2D eigenvalue weighted by atomic mass is 10.1. The van der Waals surface area contributed by atoms with E-state index >= 15 is 0 Å². The van der Waals surface area contributed by atoms with Crippen LogP contribution in [0.1, 0.15) is 12.8 Å². The maximum Gasteiger partial charge on any atom is 0.319 e. The van der Waals surface area contributed by atoms with Gasteiger partial charge in [-0.05, 0) is 25.0 Å². The third-order valence-electron chi connectivity index (χ3n) is 3.37. The predicted octanol–water partition coefficient (Wildman–Crippen LogP) is 1.51. The normalized spacial score (nSPS) is 19.7. The van der Waals surface area contributed by atoms with Crippen LogP contribution >= 0.6 is 0 Å². The molecule has 1 aliphatic heterocycles. The van der Waals surface area contributed by atoms with Crippen molar-refractivity contribution in [1.82, 2.24) is 9.62 Å². The second kappa shape index (κ2) is 6.57. The summed E-state index contributed by atoms with van der Waals surface area (Å²) in [5, 5.41) is 5.02. The first-order valence-electron chi connectivity index (χ1n) is 6.73. The first-order chi connectivity index (χ1) is 10.3. The van der Waals surface area contributed by atoms with Gasteiger partial charge in [-0.2, -0.15) is 0 Å². The molecular formula is C13H17F2N3O3S. The van der Waals surface area contributed by atoms with Gasteiger partial charge in [-0.25, -0.2) is 26.3 Å². The molecule has 0 radical (unpaired) electrons. The number of piperidine rings is 1. The molecule has 0 saturated carbocycles. The van der Waals surface area contributed by atoms with Crippen LogP contribution in [0.2, 0.25) is 0 Å². The second-order valence-electron chi connectivity index (χ2n) is 5.19. The molecule has 1 saturated heterocycles. The monoisotopic (exact) mass is 333 g/mol. The Morgan fingerprint density at radius 1 is 1.32 bits per heavy atom. The van der Waals surface area contributed by atoms with Crippen LogP contribution in [0.25, 0.3) is 0 Å². The highest BCUT2D eigenvalue weighted by Gasteiger charge is 2.26. The van der Waals surface area contributed by atoms with Crippen LogP contribution in [0.4, 0.5) is 19.3 Å². The van der Waals surface area contributed by atoms with E-state index in [1.54, 1.807) is 0 Å². The molecular weight excluding hydrogens is 316 g/mol. The van der Waals surface area contributed by atoms with Crippen LogP contribution in [0.5, 0.6) is 0 Å². The van der Waals surface area contributed by atoms with E-state index in [1.165, 1.54) is 10.4 Å². The Morgan fingerprint density at radius 3 is 2.68 bits per heavy atom. The summed E-state index contributed by atoms with van der Waals surface area (Å²) >= 11 is 0. The number of amides is 2. The highest BCUT2D eigenvalue weighted by Crippen LogP contribution is 2.15. The molecule has 1 atom stereocenters. The number of hydrogen-bond donors (Lipinski definition) is 2. The Kier molecular flexibility index (Phi) is 4.97. The maximum absolute atomic E-state index is 13.1. The number of anilines is 1. The van der Waals surface area contributed by atoms with Crippen LogP contribution in [-0.4, -0.2) is 44.1 Å². The average molecular weight is 333 g/mol. The molecule has 2 N–H and O–H groups in total. The molecule has 1 unspecified atom stereocenters. The molecule has 2 amide bonds. The number of urea groups is 1. The lowest BCUT2D eigenvalue weighted by molar-refractivity contribution is 0.236. The van der Waals surface area contributed by atoms with Crippen molar-refractivity contribution in [3.05, 3.63) is 29.8 Å². The van der Waals surface area contributed by atoms with E-state index in [-0.39, 0.29) is 18.3 Å². The fourth-order valence-corrected chi connectivity index (χ4v) is 3.20. The Bertz CT molecular complexity index is 666. The molecule has 1 aromatic rings. The van der Waals surface area contributed by atoms with Crippen LogP contribution in [-0.2, 0) is 10.0 Å². The van der Waals surface area contributed by atoms with Gasteiger partial charge in [-0.3, -0.25) is 0 Å². The van der Waals surface area contributed by atoms with Crippen molar-refractivity contribution in [2.45, 2.75) is 18.9 Å². The zero-order valence-corrected chi connectivity index (χ0v) is 12.8. The number of sulfonamides is 1. The van der Waals surface area contributed by atoms with Gasteiger partial charge in [0.1, 0.15) is 0 Å². The van der Waals surface area contributed by atoms with Gasteiger partial charge in [-0.1, -0.05) is 0 Å². The van der Waals surface area contributed by atoms with E-state index in [1.807, 2.05) is 0 Å². The zero-order chi connectivity index (χ0) is 16.3. The van der Waals surface area contributed by atoms with E-state index in [2.05, 4.69) is 10.6 Å². The number of nitrogens with one attached hydrogen (secondary N) is 2.